The molecule has 3 aromatic rings. The number of ether oxygens (including phenoxy) is 1. The third-order valence-electron chi connectivity index (χ3n) is 4.13. The smallest absolute Gasteiger partial charge is 0.135 e. The van der Waals surface area contributed by atoms with Crippen LogP contribution in [-0.4, -0.2) is 28.9 Å². The highest BCUT2D eigenvalue weighted by Crippen LogP contribution is 2.33. The average molecular weight is 329 g/mol. The van der Waals surface area contributed by atoms with Gasteiger partial charge in [-0.15, -0.1) is 11.3 Å². The van der Waals surface area contributed by atoms with Gasteiger partial charge in [-0.3, -0.25) is 4.90 Å². The van der Waals surface area contributed by atoms with Gasteiger partial charge < -0.3 is 4.74 Å². The number of benzene rings is 1. The van der Waals surface area contributed by atoms with Crippen LogP contribution < -0.4 is 0 Å². The molecule has 1 saturated heterocycles. The molecule has 0 bridgehead atoms. The predicted octanol–water partition coefficient (Wildman–Crippen LogP) is 3.77. The third-order valence-corrected chi connectivity index (χ3v) is 5.29. The number of nitrogens with zero attached hydrogens (tertiary/aromatic N) is 3. The lowest BCUT2D eigenvalue weighted by atomic mass is 10.2. The summed E-state index contributed by atoms with van der Waals surface area (Å²) in [4.78, 5) is 5.04. The zero-order valence-electron chi connectivity index (χ0n) is 13.1. The van der Waals surface area contributed by atoms with E-state index in [0.717, 1.165) is 37.2 Å². The molecule has 1 aliphatic rings. The van der Waals surface area contributed by atoms with Crippen LogP contribution in [0.3, 0.4) is 0 Å². The molecule has 0 aliphatic carbocycles. The minimum atomic E-state index is 0.320. The van der Waals surface area contributed by atoms with E-state index >= 15 is 0 Å². The number of aromatic nitrogens is 2. The monoisotopic (exact) mass is 329 g/mol. The number of rotatable bonds is 5. The lowest BCUT2D eigenvalue weighted by Gasteiger charge is -2.15. The van der Waals surface area contributed by atoms with E-state index in [4.69, 9.17) is 9.37 Å². The largest absolute Gasteiger partial charge is 0.373 e. The molecule has 4 rings (SSSR count). The highest BCUT2D eigenvalue weighted by Gasteiger charge is 2.19. The van der Waals surface area contributed by atoms with Gasteiger partial charge in [0.05, 0.1) is 6.10 Å². The molecule has 1 aliphatic heterocycles. The molecule has 5 nitrogen and oxygen atoms in total. The van der Waals surface area contributed by atoms with Crippen molar-refractivity contribution in [1.82, 2.24) is 15.2 Å². The van der Waals surface area contributed by atoms with E-state index in [1.165, 1.54) is 21.7 Å². The van der Waals surface area contributed by atoms with Crippen LogP contribution in [0, 0.1) is 0 Å². The average Bonchev–Trinajstić information content (AvgIpc) is 3.27. The highest BCUT2D eigenvalue weighted by molar-refractivity contribution is 7.12. The third kappa shape index (κ3) is 3.29. The molecule has 0 N–H and O–H groups in total. The lowest BCUT2D eigenvalue weighted by molar-refractivity contribution is 0.114. The molecule has 120 valence electrons. The number of hydrogen-bond acceptors (Lipinski definition) is 6. The Kier molecular flexibility index (Phi) is 4.11. The second-order valence-electron chi connectivity index (χ2n) is 6.07. The van der Waals surface area contributed by atoms with Crippen LogP contribution in [0.25, 0.3) is 11.0 Å². The zero-order chi connectivity index (χ0) is 15.6. The molecule has 0 saturated carbocycles. The molecular weight excluding hydrogens is 310 g/mol. The Balaban J connectivity index is 1.40. The van der Waals surface area contributed by atoms with Gasteiger partial charge in [0.25, 0.3) is 0 Å². The first-order chi connectivity index (χ1) is 11.3. The van der Waals surface area contributed by atoms with Gasteiger partial charge in [0.2, 0.25) is 0 Å². The van der Waals surface area contributed by atoms with Crippen molar-refractivity contribution in [3.05, 3.63) is 45.6 Å². The summed E-state index contributed by atoms with van der Waals surface area (Å²) < 4.78 is 10.5. The molecular formula is C17H19N3O2S. The molecule has 3 heterocycles. The van der Waals surface area contributed by atoms with Crippen LogP contribution in [0.5, 0.6) is 0 Å². The fraction of sp³-hybridized carbons (Fsp3) is 0.412. The molecule has 1 unspecified atom stereocenters. The number of fused-ring (bicyclic) bond motifs is 1. The van der Waals surface area contributed by atoms with Gasteiger partial charge in [-0.05, 0) is 60.0 Å². The summed E-state index contributed by atoms with van der Waals surface area (Å²) in [6, 6.07) is 10.5. The molecule has 0 spiro atoms. The van der Waals surface area contributed by atoms with Crippen LogP contribution in [-0.2, 0) is 17.8 Å². The molecule has 2 aromatic heterocycles. The Bertz CT molecular complexity index is 792. The van der Waals surface area contributed by atoms with Crippen LogP contribution in [0.2, 0.25) is 0 Å². The second kappa shape index (κ2) is 6.39. The van der Waals surface area contributed by atoms with Crippen molar-refractivity contribution in [2.75, 3.05) is 13.7 Å². The molecule has 23 heavy (non-hydrogen) atoms. The summed E-state index contributed by atoms with van der Waals surface area (Å²) in [5.74, 6) is 0. The Morgan fingerprint density at radius 3 is 2.96 bits per heavy atom. The van der Waals surface area contributed by atoms with Gasteiger partial charge in [-0.2, -0.15) is 0 Å². The van der Waals surface area contributed by atoms with Gasteiger partial charge in [0, 0.05) is 29.5 Å². The first kappa shape index (κ1) is 14.8. The van der Waals surface area contributed by atoms with Crippen LogP contribution in [0.15, 0.2) is 35.0 Å². The minimum absolute atomic E-state index is 0.320. The summed E-state index contributed by atoms with van der Waals surface area (Å²) >= 11 is 1.87. The summed E-state index contributed by atoms with van der Waals surface area (Å²) in [5, 5.41) is 7.74. The predicted molar refractivity (Wildman–Crippen MR) is 89.2 cm³/mol. The number of hydrogen-bond donors (Lipinski definition) is 0. The van der Waals surface area contributed by atoms with E-state index < -0.39 is 0 Å². The summed E-state index contributed by atoms with van der Waals surface area (Å²) in [7, 11) is 2.14. The van der Waals surface area contributed by atoms with Gasteiger partial charge in [-0.1, -0.05) is 6.07 Å². The first-order valence-corrected chi connectivity index (χ1v) is 8.69. The van der Waals surface area contributed by atoms with Gasteiger partial charge in [0.1, 0.15) is 11.0 Å². The minimum Gasteiger partial charge on any atom is -0.373 e. The van der Waals surface area contributed by atoms with E-state index in [1.807, 2.05) is 23.5 Å². The van der Waals surface area contributed by atoms with Gasteiger partial charge >= 0.3 is 0 Å². The standard InChI is InChI=1S/C17H19N3O2S/c1-20(10-12-4-6-14-15(9-12)19-22-18-14)11-13-5-7-17(23-13)16-3-2-8-21-16/h4-7,9,16H,2-3,8,10-11H2,1H3. The zero-order valence-corrected chi connectivity index (χ0v) is 13.9. The fourth-order valence-corrected chi connectivity index (χ4v) is 4.19. The van der Waals surface area contributed by atoms with Crippen molar-refractivity contribution in [3.63, 3.8) is 0 Å². The van der Waals surface area contributed by atoms with Gasteiger partial charge in [0.15, 0.2) is 0 Å². The van der Waals surface area contributed by atoms with Crippen molar-refractivity contribution in [2.45, 2.75) is 32.0 Å². The molecule has 1 aromatic carbocycles. The Morgan fingerprint density at radius 1 is 1.17 bits per heavy atom. The summed E-state index contributed by atoms with van der Waals surface area (Å²) in [5.41, 5.74) is 2.83. The van der Waals surface area contributed by atoms with Crippen molar-refractivity contribution < 1.29 is 9.37 Å². The van der Waals surface area contributed by atoms with Crippen molar-refractivity contribution in [2.24, 2.45) is 0 Å². The fourth-order valence-electron chi connectivity index (χ4n) is 3.01. The molecule has 1 fully saturated rings. The Morgan fingerprint density at radius 2 is 2.09 bits per heavy atom. The van der Waals surface area contributed by atoms with Crippen molar-refractivity contribution in [1.29, 1.82) is 0 Å². The molecule has 0 amide bonds. The highest BCUT2D eigenvalue weighted by atomic mass is 32.1. The maximum atomic E-state index is 5.76. The van der Waals surface area contributed by atoms with E-state index in [2.05, 4.69) is 40.5 Å². The quantitative estimate of drug-likeness (QED) is 0.713. The van der Waals surface area contributed by atoms with Crippen LogP contribution in [0.1, 0.15) is 34.3 Å². The van der Waals surface area contributed by atoms with E-state index in [9.17, 15) is 0 Å². The maximum absolute atomic E-state index is 5.76. The lowest BCUT2D eigenvalue weighted by Crippen LogP contribution is -2.16. The van der Waals surface area contributed by atoms with E-state index in [-0.39, 0.29) is 0 Å². The van der Waals surface area contributed by atoms with Crippen molar-refractivity contribution >= 4 is 22.4 Å². The normalized spacial score (nSPS) is 18.3. The second-order valence-corrected chi connectivity index (χ2v) is 7.27. The summed E-state index contributed by atoms with van der Waals surface area (Å²) in [6.45, 7) is 2.71. The molecule has 6 heteroatoms. The van der Waals surface area contributed by atoms with Gasteiger partial charge in [-0.25, -0.2) is 4.63 Å². The van der Waals surface area contributed by atoms with Crippen LogP contribution in [0.4, 0.5) is 0 Å². The number of thiophene rings is 1. The topological polar surface area (TPSA) is 51.4 Å². The SMILES string of the molecule is CN(Cc1ccc2nonc2c1)Cc1ccc(C2CCCO2)s1. The molecule has 1 atom stereocenters. The van der Waals surface area contributed by atoms with E-state index in [0.29, 0.717) is 6.10 Å². The Labute approximate surface area is 138 Å². The van der Waals surface area contributed by atoms with Crippen molar-refractivity contribution in [3.8, 4) is 0 Å². The molecule has 0 radical (unpaired) electrons. The van der Waals surface area contributed by atoms with Crippen LogP contribution >= 0.6 is 11.3 Å². The summed E-state index contributed by atoms with van der Waals surface area (Å²) in [6.07, 6.45) is 2.65. The Hall–Kier alpha value is -1.76. The maximum Gasteiger partial charge on any atom is 0.135 e. The first-order valence-electron chi connectivity index (χ1n) is 7.88. The van der Waals surface area contributed by atoms with E-state index in [1.54, 1.807) is 0 Å².